The van der Waals surface area contributed by atoms with E-state index < -0.39 is 0 Å². The van der Waals surface area contributed by atoms with Gasteiger partial charge in [0.1, 0.15) is 6.33 Å². The maximum Gasteiger partial charge on any atom is 0.231 e. The van der Waals surface area contributed by atoms with E-state index in [-0.39, 0.29) is 6.04 Å². The van der Waals surface area contributed by atoms with Crippen molar-refractivity contribution < 1.29 is 9.47 Å². The minimum atomic E-state index is 0.244. The van der Waals surface area contributed by atoms with E-state index in [1.807, 2.05) is 19.2 Å². The Balaban J connectivity index is 1.55. The highest BCUT2D eigenvalue weighted by molar-refractivity contribution is 5.45. The van der Waals surface area contributed by atoms with Gasteiger partial charge in [-0.2, -0.15) is 5.10 Å². The minimum absolute atomic E-state index is 0.244. The van der Waals surface area contributed by atoms with E-state index in [0.29, 0.717) is 6.79 Å². The molecule has 6 nitrogen and oxygen atoms in total. The third-order valence-electron chi connectivity index (χ3n) is 3.34. The summed E-state index contributed by atoms with van der Waals surface area (Å²) in [4.78, 5) is 4.21. The van der Waals surface area contributed by atoms with Crippen LogP contribution in [0, 0.1) is 0 Å². The van der Waals surface area contributed by atoms with E-state index in [2.05, 4.69) is 28.4 Å². The Morgan fingerprint density at radius 1 is 1.35 bits per heavy atom. The molecule has 0 saturated carbocycles. The fourth-order valence-corrected chi connectivity index (χ4v) is 2.20. The molecule has 0 bridgehead atoms. The summed E-state index contributed by atoms with van der Waals surface area (Å²) < 4.78 is 12.4. The van der Waals surface area contributed by atoms with Crippen LogP contribution in [0.15, 0.2) is 24.5 Å². The lowest BCUT2D eigenvalue weighted by Gasteiger charge is -2.14. The number of benzene rings is 1. The number of hydrogen-bond donors (Lipinski definition) is 1. The van der Waals surface area contributed by atoms with Crippen molar-refractivity contribution in [3.05, 3.63) is 35.9 Å². The number of aromatic nitrogens is 3. The van der Waals surface area contributed by atoms with Gasteiger partial charge >= 0.3 is 0 Å². The molecule has 0 radical (unpaired) electrons. The van der Waals surface area contributed by atoms with Gasteiger partial charge in [-0.1, -0.05) is 6.07 Å². The van der Waals surface area contributed by atoms with Gasteiger partial charge in [-0.3, -0.25) is 4.68 Å². The first-order valence-corrected chi connectivity index (χ1v) is 6.70. The molecule has 1 aromatic heterocycles. The highest BCUT2D eigenvalue weighted by atomic mass is 16.7. The molecule has 3 rings (SSSR count). The summed E-state index contributed by atoms with van der Waals surface area (Å²) in [6.07, 6.45) is 2.53. The number of ether oxygens (including phenoxy) is 2. The quantitative estimate of drug-likeness (QED) is 0.894. The van der Waals surface area contributed by atoms with Crippen molar-refractivity contribution in [2.45, 2.75) is 19.4 Å². The molecule has 0 aliphatic carbocycles. The molecule has 6 heteroatoms. The summed E-state index contributed by atoms with van der Waals surface area (Å²) in [5.41, 5.74) is 1.18. The first kappa shape index (κ1) is 12.9. The molecule has 1 unspecified atom stereocenters. The Morgan fingerprint density at radius 2 is 2.20 bits per heavy atom. The minimum Gasteiger partial charge on any atom is -0.454 e. The van der Waals surface area contributed by atoms with Gasteiger partial charge in [0, 0.05) is 26.1 Å². The number of aryl methyl sites for hydroxylation is 1. The number of fused-ring (bicyclic) bond motifs is 1. The summed E-state index contributed by atoms with van der Waals surface area (Å²) in [6.45, 7) is 3.27. The van der Waals surface area contributed by atoms with Crippen LogP contribution in [0.4, 0.5) is 0 Å². The normalized spacial score (nSPS) is 14.5. The van der Waals surface area contributed by atoms with Gasteiger partial charge in [-0.25, -0.2) is 4.98 Å². The fourth-order valence-electron chi connectivity index (χ4n) is 2.20. The molecule has 1 aliphatic heterocycles. The molecule has 0 saturated heterocycles. The van der Waals surface area contributed by atoms with Crippen LogP contribution in [-0.2, 0) is 13.5 Å². The lowest BCUT2D eigenvalue weighted by atomic mass is 10.1. The Kier molecular flexibility index (Phi) is 3.56. The number of nitrogens with zero attached hydrogens (tertiary/aromatic N) is 3. The Labute approximate surface area is 117 Å². The molecule has 1 N–H and O–H groups in total. The third-order valence-corrected chi connectivity index (χ3v) is 3.34. The summed E-state index contributed by atoms with van der Waals surface area (Å²) >= 11 is 0. The Morgan fingerprint density at radius 3 is 3.00 bits per heavy atom. The van der Waals surface area contributed by atoms with Crippen molar-refractivity contribution in [3.63, 3.8) is 0 Å². The summed E-state index contributed by atoms with van der Waals surface area (Å²) in [5.74, 6) is 2.50. The predicted molar refractivity (Wildman–Crippen MR) is 73.7 cm³/mol. The van der Waals surface area contributed by atoms with Crippen LogP contribution >= 0.6 is 0 Å². The molecule has 2 heterocycles. The van der Waals surface area contributed by atoms with Crippen LogP contribution in [0.5, 0.6) is 11.5 Å². The predicted octanol–water partition coefficient (Wildman–Crippen LogP) is 1.44. The average molecular weight is 274 g/mol. The zero-order chi connectivity index (χ0) is 13.9. The maximum atomic E-state index is 5.39. The summed E-state index contributed by atoms with van der Waals surface area (Å²) in [7, 11) is 1.87. The van der Waals surface area contributed by atoms with Crippen molar-refractivity contribution in [3.8, 4) is 11.5 Å². The van der Waals surface area contributed by atoms with E-state index in [1.54, 1.807) is 11.0 Å². The molecule has 0 fully saturated rings. The van der Waals surface area contributed by atoms with Crippen molar-refractivity contribution in [1.29, 1.82) is 0 Å². The molecule has 1 aliphatic rings. The van der Waals surface area contributed by atoms with Crippen LogP contribution in [0.1, 0.15) is 24.4 Å². The van der Waals surface area contributed by atoms with E-state index in [1.165, 1.54) is 5.56 Å². The third kappa shape index (κ3) is 2.75. The second-order valence-electron chi connectivity index (χ2n) is 4.87. The molecular weight excluding hydrogens is 256 g/mol. The standard InChI is InChI=1S/C14H18N4O2/c1-10(15-6-5-14-16-8-18(2)17-14)11-3-4-12-13(7-11)20-9-19-12/h3-4,7-8,10,15H,5-6,9H2,1-2H3. The highest BCUT2D eigenvalue weighted by Crippen LogP contribution is 2.34. The van der Waals surface area contributed by atoms with Crippen LogP contribution < -0.4 is 14.8 Å². The van der Waals surface area contributed by atoms with Gasteiger partial charge in [-0.05, 0) is 24.6 Å². The summed E-state index contributed by atoms with van der Waals surface area (Å²) in [6, 6.07) is 6.28. The Hall–Kier alpha value is -2.08. The van der Waals surface area contributed by atoms with E-state index >= 15 is 0 Å². The average Bonchev–Trinajstić information content (AvgIpc) is 3.06. The highest BCUT2D eigenvalue weighted by Gasteiger charge is 2.15. The number of nitrogens with one attached hydrogen (secondary N) is 1. The van der Waals surface area contributed by atoms with Crippen LogP contribution in [-0.4, -0.2) is 28.1 Å². The monoisotopic (exact) mass is 274 g/mol. The van der Waals surface area contributed by atoms with Gasteiger partial charge in [-0.15, -0.1) is 0 Å². The first-order chi connectivity index (χ1) is 9.72. The molecule has 2 aromatic rings. The summed E-state index contributed by atoms with van der Waals surface area (Å²) in [5, 5.41) is 7.72. The molecule has 1 atom stereocenters. The maximum absolute atomic E-state index is 5.39. The lowest BCUT2D eigenvalue weighted by molar-refractivity contribution is 0.174. The van der Waals surface area contributed by atoms with E-state index in [4.69, 9.17) is 9.47 Å². The van der Waals surface area contributed by atoms with Crippen molar-refractivity contribution >= 4 is 0 Å². The lowest BCUT2D eigenvalue weighted by Crippen LogP contribution is -2.21. The fraction of sp³-hybridized carbons (Fsp3) is 0.429. The molecule has 0 spiro atoms. The topological polar surface area (TPSA) is 61.2 Å². The van der Waals surface area contributed by atoms with E-state index in [0.717, 1.165) is 30.3 Å². The smallest absolute Gasteiger partial charge is 0.231 e. The second-order valence-corrected chi connectivity index (χ2v) is 4.87. The second kappa shape index (κ2) is 5.50. The first-order valence-electron chi connectivity index (χ1n) is 6.70. The molecule has 106 valence electrons. The zero-order valence-electron chi connectivity index (χ0n) is 11.7. The number of hydrogen-bond acceptors (Lipinski definition) is 5. The number of rotatable bonds is 5. The molecule has 1 aromatic carbocycles. The van der Waals surface area contributed by atoms with Crippen LogP contribution in [0.3, 0.4) is 0 Å². The van der Waals surface area contributed by atoms with Gasteiger partial charge < -0.3 is 14.8 Å². The van der Waals surface area contributed by atoms with Crippen molar-refractivity contribution in [2.75, 3.05) is 13.3 Å². The molecule has 0 amide bonds. The van der Waals surface area contributed by atoms with Gasteiger partial charge in [0.25, 0.3) is 0 Å². The van der Waals surface area contributed by atoms with Gasteiger partial charge in [0.15, 0.2) is 17.3 Å². The molecule has 20 heavy (non-hydrogen) atoms. The zero-order valence-corrected chi connectivity index (χ0v) is 11.7. The largest absolute Gasteiger partial charge is 0.454 e. The van der Waals surface area contributed by atoms with Gasteiger partial charge in [0.05, 0.1) is 0 Å². The SMILES string of the molecule is CC(NCCc1ncn(C)n1)c1ccc2c(c1)OCO2. The Bertz CT molecular complexity index is 597. The van der Waals surface area contributed by atoms with Gasteiger partial charge in [0.2, 0.25) is 6.79 Å². The van der Waals surface area contributed by atoms with Crippen molar-refractivity contribution in [2.24, 2.45) is 7.05 Å². The molecular formula is C14H18N4O2. The van der Waals surface area contributed by atoms with Crippen LogP contribution in [0.25, 0.3) is 0 Å². The van der Waals surface area contributed by atoms with Crippen LogP contribution in [0.2, 0.25) is 0 Å². The van der Waals surface area contributed by atoms with E-state index in [9.17, 15) is 0 Å². The van der Waals surface area contributed by atoms with Crippen molar-refractivity contribution in [1.82, 2.24) is 20.1 Å².